The van der Waals surface area contributed by atoms with Crippen LogP contribution in [0.25, 0.3) is 0 Å². The summed E-state index contributed by atoms with van der Waals surface area (Å²) in [7, 11) is 0. The predicted molar refractivity (Wildman–Crippen MR) is 48.9 cm³/mol. The van der Waals surface area contributed by atoms with Gasteiger partial charge in [0.15, 0.2) is 0 Å². The Balaban J connectivity index is 2.21. The Morgan fingerprint density at radius 1 is 1.43 bits per heavy atom. The SMILES string of the molecule is CCN(C(=O)COCC(=O)O)C1CC1. The number of hydrogen-bond donors (Lipinski definition) is 1. The van der Waals surface area contributed by atoms with E-state index in [1.807, 2.05) is 6.92 Å². The summed E-state index contributed by atoms with van der Waals surface area (Å²) in [5.41, 5.74) is 0. The fraction of sp³-hybridized carbons (Fsp3) is 0.778. The van der Waals surface area contributed by atoms with E-state index in [0.29, 0.717) is 12.6 Å². The molecule has 1 rings (SSSR count). The molecule has 0 atom stereocenters. The third kappa shape index (κ3) is 3.33. The number of amides is 1. The molecule has 1 aliphatic carbocycles. The van der Waals surface area contributed by atoms with Crippen LogP contribution in [-0.2, 0) is 14.3 Å². The summed E-state index contributed by atoms with van der Waals surface area (Å²) in [5.74, 6) is -1.16. The number of carbonyl (C=O) groups excluding carboxylic acids is 1. The summed E-state index contributed by atoms with van der Waals surface area (Å²) in [6.45, 7) is 2.04. The van der Waals surface area contributed by atoms with Crippen LogP contribution in [0, 0.1) is 0 Å². The number of ether oxygens (including phenoxy) is 1. The van der Waals surface area contributed by atoms with Crippen LogP contribution in [-0.4, -0.2) is 47.7 Å². The quantitative estimate of drug-likeness (QED) is 0.661. The first kappa shape index (κ1) is 11.0. The van der Waals surface area contributed by atoms with E-state index in [-0.39, 0.29) is 12.5 Å². The zero-order valence-corrected chi connectivity index (χ0v) is 8.23. The molecule has 1 N–H and O–H groups in total. The lowest BCUT2D eigenvalue weighted by Gasteiger charge is -2.19. The molecule has 1 aliphatic rings. The molecule has 5 heteroatoms. The molecule has 5 nitrogen and oxygen atoms in total. The Labute approximate surface area is 82.6 Å². The van der Waals surface area contributed by atoms with Crippen molar-refractivity contribution in [3.05, 3.63) is 0 Å². The maximum atomic E-state index is 11.4. The van der Waals surface area contributed by atoms with Gasteiger partial charge in [-0.1, -0.05) is 0 Å². The average molecular weight is 201 g/mol. The maximum Gasteiger partial charge on any atom is 0.329 e. The summed E-state index contributed by atoms with van der Waals surface area (Å²) in [6.07, 6.45) is 2.11. The second-order valence-corrected chi connectivity index (χ2v) is 3.30. The van der Waals surface area contributed by atoms with E-state index in [0.717, 1.165) is 12.8 Å². The van der Waals surface area contributed by atoms with Crippen LogP contribution in [0.5, 0.6) is 0 Å². The van der Waals surface area contributed by atoms with Crippen LogP contribution in [0.1, 0.15) is 19.8 Å². The van der Waals surface area contributed by atoms with Gasteiger partial charge in [0.25, 0.3) is 0 Å². The zero-order chi connectivity index (χ0) is 10.6. The third-order valence-corrected chi connectivity index (χ3v) is 2.10. The summed E-state index contributed by atoms with van der Waals surface area (Å²) in [6, 6.07) is 0.362. The Morgan fingerprint density at radius 2 is 2.07 bits per heavy atom. The minimum Gasteiger partial charge on any atom is -0.480 e. The lowest BCUT2D eigenvalue weighted by molar-refractivity contribution is -0.145. The Morgan fingerprint density at radius 3 is 2.50 bits per heavy atom. The van der Waals surface area contributed by atoms with E-state index >= 15 is 0 Å². The lowest BCUT2D eigenvalue weighted by Crippen LogP contribution is -2.36. The molecule has 0 heterocycles. The first-order valence-electron chi connectivity index (χ1n) is 4.74. The number of nitrogens with zero attached hydrogens (tertiary/aromatic N) is 1. The molecule has 1 saturated carbocycles. The molecule has 0 aromatic rings. The number of carbonyl (C=O) groups is 2. The van der Waals surface area contributed by atoms with Gasteiger partial charge in [-0.25, -0.2) is 4.79 Å². The minimum absolute atomic E-state index is 0.115. The van der Waals surface area contributed by atoms with Crippen molar-refractivity contribution < 1.29 is 19.4 Å². The Bertz CT molecular complexity index is 225. The second-order valence-electron chi connectivity index (χ2n) is 3.30. The molecule has 0 unspecified atom stereocenters. The number of carboxylic acid groups (broad SMARTS) is 1. The molecular weight excluding hydrogens is 186 g/mol. The van der Waals surface area contributed by atoms with Crippen molar-refractivity contribution in [2.75, 3.05) is 19.8 Å². The van der Waals surface area contributed by atoms with Gasteiger partial charge in [0.1, 0.15) is 13.2 Å². The van der Waals surface area contributed by atoms with Crippen LogP contribution in [0.4, 0.5) is 0 Å². The molecule has 80 valence electrons. The molecule has 0 spiro atoms. The van der Waals surface area contributed by atoms with Crippen molar-refractivity contribution in [1.29, 1.82) is 0 Å². The highest BCUT2D eigenvalue weighted by Crippen LogP contribution is 2.26. The number of hydrogen-bond acceptors (Lipinski definition) is 3. The number of aliphatic carboxylic acids is 1. The van der Waals surface area contributed by atoms with Gasteiger partial charge in [0, 0.05) is 12.6 Å². The Hall–Kier alpha value is -1.10. The fourth-order valence-electron chi connectivity index (χ4n) is 1.33. The summed E-state index contributed by atoms with van der Waals surface area (Å²) < 4.78 is 4.73. The van der Waals surface area contributed by atoms with Gasteiger partial charge in [0.05, 0.1) is 0 Å². The number of likely N-dealkylation sites (N-methyl/N-ethyl adjacent to an activating group) is 1. The van der Waals surface area contributed by atoms with E-state index in [2.05, 4.69) is 0 Å². The van der Waals surface area contributed by atoms with Crippen LogP contribution < -0.4 is 0 Å². The van der Waals surface area contributed by atoms with E-state index in [1.165, 1.54) is 0 Å². The molecule has 0 radical (unpaired) electrons. The highest BCUT2D eigenvalue weighted by Gasteiger charge is 2.31. The normalized spacial score (nSPS) is 15.2. The molecule has 0 aromatic carbocycles. The summed E-state index contributed by atoms with van der Waals surface area (Å²) in [4.78, 5) is 23.3. The van der Waals surface area contributed by atoms with Gasteiger partial charge in [-0.2, -0.15) is 0 Å². The first-order valence-corrected chi connectivity index (χ1v) is 4.74. The topological polar surface area (TPSA) is 66.8 Å². The molecule has 0 bridgehead atoms. The summed E-state index contributed by atoms with van der Waals surface area (Å²) in [5, 5.41) is 8.29. The van der Waals surface area contributed by atoms with Gasteiger partial charge in [0.2, 0.25) is 5.91 Å². The van der Waals surface area contributed by atoms with E-state index < -0.39 is 12.6 Å². The van der Waals surface area contributed by atoms with Gasteiger partial charge in [-0.3, -0.25) is 4.79 Å². The van der Waals surface area contributed by atoms with Gasteiger partial charge in [-0.05, 0) is 19.8 Å². The van der Waals surface area contributed by atoms with E-state index in [9.17, 15) is 9.59 Å². The fourth-order valence-corrected chi connectivity index (χ4v) is 1.33. The van der Waals surface area contributed by atoms with Crippen LogP contribution in [0.15, 0.2) is 0 Å². The van der Waals surface area contributed by atoms with Crippen molar-refractivity contribution in [2.45, 2.75) is 25.8 Å². The van der Waals surface area contributed by atoms with Crippen molar-refractivity contribution in [1.82, 2.24) is 4.90 Å². The van der Waals surface area contributed by atoms with Crippen molar-refractivity contribution >= 4 is 11.9 Å². The highest BCUT2D eigenvalue weighted by atomic mass is 16.5. The standard InChI is InChI=1S/C9H15NO4/c1-2-10(7-3-4-7)8(11)5-14-6-9(12)13/h7H,2-6H2,1H3,(H,12,13). The molecule has 0 aliphatic heterocycles. The Kier molecular flexibility index (Phi) is 3.88. The first-order chi connectivity index (χ1) is 6.65. The summed E-state index contributed by atoms with van der Waals surface area (Å²) >= 11 is 0. The monoisotopic (exact) mass is 201 g/mol. The van der Waals surface area contributed by atoms with Gasteiger partial charge >= 0.3 is 5.97 Å². The molecule has 14 heavy (non-hydrogen) atoms. The number of rotatable bonds is 6. The molecule has 0 aromatic heterocycles. The zero-order valence-electron chi connectivity index (χ0n) is 8.23. The number of carboxylic acids is 1. The molecular formula is C9H15NO4. The predicted octanol–water partition coefficient (Wildman–Crippen LogP) is 0.0985. The largest absolute Gasteiger partial charge is 0.480 e. The average Bonchev–Trinajstić information content (AvgIpc) is 2.89. The molecule has 1 fully saturated rings. The third-order valence-electron chi connectivity index (χ3n) is 2.10. The van der Waals surface area contributed by atoms with Crippen molar-refractivity contribution in [2.24, 2.45) is 0 Å². The van der Waals surface area contributed by atoms with Gasteiger partial charge in [-0.15, -0.1) is 0 Å². The van der Waals surface area contributed by atoms with Crippen molar-refractivity contribution in [3.63, 3.8) is 0 Å². The smallest absolute Gasteiger partial charge is 0.329 e. The maximum absolute atomic E-state index is 11.4. The van der Waals surface area contributed by atoms with Crippen LogP contribution in [0.2, 0.25) is 0 Å². The minimum atomic E-state index is -1.05. The molecule has 1 amide bonds. The van der Waals surface area contributed by atoms with E-state index in [4.69, 9.17) is 9.84 Å². The van der Waals surface area contributed by atoms with Crippen molar-refractivity contribution in [3.8, 4) is 0 Å². The van der Waals surface area contributed by atoms with Gasteiger partial charge < -0.3 is 14.7 Å². The van der Waals surface area contributed by atoms with Crippen LogP contribution >= 0.6 is 0 Å². The second kappa shape index (κ2) is 4.95. The highest BCUT2D eigenvalue weighted by molar-refractivity contribution is 5.78. The molecule has 0 saturated heterocycles. The lowest BCUT2D eigenvalue weighted by atomic mass is 10.4. The van der Waals surface area contributed by atoms with Crippen LogP contribution in [0.3, 0.4) is 0 Å². The van der Waals surface area contributed by atoms with E-state index in [1.54, 1.807) is 4.90 Å².